The van der Waals surface area contributed by atoms with Gasteiger partial charge in [0.15, 0.2) is 6.61 Å². The molecule has 0 aliphatic carbocycles. The second kappa shape index (κ2) is 16.4. The maximum absolute atomic E-state index is 11.2. The predicted octanol–water partition coefficient (Wildman–Crippen LogP) is 4.44. The quantitative estimate of drug-likeness (QED) is 0.217. The van der Waals surface area contributed by atoms with E-state index in [-0.39, 0.29) is 25.7 Å². The Bertz CT molecular complexity index is 815. The number of alkyl carbamates (subject to hydrolysis) is 1. The lowest BCUT2D eigenvalue weighted by atomic mass is 10.2. The van der Waals surface area contributed by atoms with E-state index < -0.39 is 6.09 Å². The highest BCUT2D eigenvalue weighted by Crippen LogP contribution is 2.12. The average Bonchev–Trinajstić information content (AvgIpc) is 2.76. The molecule has 1 N–H and O–H groups in total. The highest BCUT2D eigenvalue weighted by molar-refractivity contribution is 14.2. The molecule has 7 nitrogen and oxygen atoms in total. The smallest absolute Gasteiger partial charge is 0.408 e. The zero-order chi connectivity index (χ0) is 22.0. The Hall–Kier alpha value is -2.45. The number of nitriles is 1. The molecule has 2 aromatic rings. The minimum Gasteiger partial charge on any atom is -0.482 e. The molecule has 0 saturated carbocycles. The summed E-state index contributed by atoms with van der Waals surface area (Å²) < 4.78 is 15.1. The van der Waals surface area contributed by atoms with Crippen molar-refractivity contribution in [2.75, 3.05) is 25.5 Å². The van der Waals surface area contributed by atoms with E-state index in [0.29, 0.717) is 12.4 Å². The predicted molar refractivity (Wildman–Crippen MR) is 124 cm³/mol. The van der Waals surface area contributed by atoms with Crippen molar-refractivity contribution in [2.45, 2.75) is 13.5 Å². The topological polar surface area (TPSA) is 97.6 Å². The van der Waals surface area contributed by atoms with Crippen LogP contribution in [0.1, 0.15) is 11.1 Å². The van der Waals surface area contributed by atoms with Crippen LogP contribution < -0.4 is 10.1 Å². The molecule has 0 spiro atoms. The van der Waals surface area contributed by atoms with E-state index in [4.69, 9.17) is 19.5 Å². The molecule has 0 aromatic heterocycles. The Morgan fingerprint density at radius 1 is 1.13 bits per heavy atom. The fourth-order valence-corrected chi connectivity index (χ4v) is 2.65. The van der Waals surface area contributed by atoms with E-state index in [1.165, 1.54) is 0 Å². The standard InChI is InChI=1S/C11H13IO3S.C10H10N2O2/c1-9-3-2-4-10(7-9)15-8-11(13)14-5-6-16-12;11-6-7-12-10(13)14-8-9-4-2-1-3-5-9/h2-4,7H,5-6,8H2,1H3;1-5H,7-8H2,(H,12,13). The van der Waals surface area contributed by atoms with Crippen LogP contribution >= 0.6 is 30.1 Å². The largest absolute Gasteiger partial charge is 0.482 e. The van der Waals surface area contributed by atoms with Gasteiger partial charge in [-0.1, -0.05) is 51.4 Å². The normalized spacial score (nSPS) is 9.37. The van der Waals surface area contributed by atoms with Crippen LogP contribution in [0.25, 0.3) is 0 Å². The molecule has 0 saturated heterocycles. The summed E-state index contributed by atoms with van der Waals surface area (Å²) >= 11 is 2.16. The van der Waals surface area contributed by atoms with Crippen LogP contribution in [-0.2, 0) is 20.9 Å². The third-order valence-electron chi connectivity index (χ3n) is 3.29. The van der Waals surface area contributed by atoms with Gasteiger partial charge in [0.1, 0.15) is 25.5 Å². The first-order chi connectivity index (χ1) is 14.5. The summed E-state index contributed by atoms with van der Waals surface area (Å²) in [6.45, 7) is 2.56. The molecule has 0 radical (unpaired) electrons. The first-order valence-corrected chi connectivity index (χ1v) is 12.5. The third kappa shape index (κ3) is 12.9. The van der Waals surface area contributed by atoms with E-state index in [9.17, 15) is 9.59 Å². The van der Waals surface area contributed by atoms with Gasteiger partial charge in [0.25, 0.3) is 0 Å². The van der Waals surface area contributed by atoms with E-state index in [2.05, 4.69) is 26.5 Å². The number of amides is 1. The molecule has 30 heavy (non-hydrogen) atoms. The van der Waals surface area contributed by atoms with Gasteiger partial charge in [-0.3, -0.25) is 0 Å². The number of nitrogens with zero attached hydrogens (tertiary/aromatic N) is 1. The van der Waals surface area contributed by atoms with E-state index >= 15 is 0 Å². The minimum atomic E-state index is -0.574. The summed E-state index contributed by atoms with van der Waals surface area (Å²) in [5.74, 6) is 1.17. The van der Waals surface area contributed by atoms with Gasteiger partial charge in [0.05, 0.1) is 6.07 Å². The van der Waals surface area contributed by atoms with E-state index in [0.717, 1.165) is 16.9 Å². The average molecular weight is 542 g/mol. The van der Waals surface area contributed by atoms with Gasteiger partial charge in [-0.25, -0.2) is 9.59 Å². The first kappa shape index (κ1) is 25.6. The van der Waals surface area contributed by atoms with Gasteiger partial charge in [-0.15, -0.1) is 0 Å². The Morgan fingerprint density at radius 2 is 1.90 bits per heavy atom. The van der Waals surface area contributed by atoms with Crippen molar-refractivity contribution in [2.24, 2.45) is 0 Å². The SMILES string of the molecule is Cc1cccc(OCC(=O)OCCSI)c1.N#CCNC(=O)OCc1ccccc1. The summed E-state index contributed by atoms with van der Waals surface area (Å²) in [5.41, 5.74) is 2.02. The lowest BCUT2D eigenvalue weighted by Crippen LogP contribution is -2.24. The molecule has 9 heteroatoms. The summed E-state index contributed by atoms with van der Waals surface area (Å²) in [6, 6.07) is 18.7. The maximum atomic E-state index is 11.2. The van der Waals surface area contributed by atoms with Crippen LogP contribution in [0.4, 0.5) is 4.79 Å². The third-order valence-corrected chi connectivity index (χ3v) is 4.94. The minimum absolute atomic E-state index is 0.0324. The first-order valence-electron chi connectivity index (χ1n) is 8.95. The van der Waals surface area contributed by atoms with Crippen molar-refractivity contribution >= 4 is 42.2 Å². The number of carbonyl (C=O) groups excluding carboxylic acids is 2. The molecule has 0 heterocycles. The molecule has 160 valence electrons. The molecule has 1 amide bonds. The summed E-state index contributed by atoms with van der Waals surface area (Å²) in [4.78, 5) is 22.1. The van der Waals surface area contributed by atoms with Crippen molar-refractivity contribution in [1.82, 2.24) is 5.32 Å². The molecule has 0 aliphatic rings. The maximum Gasteiger partial charge on any atom is 0.408 e. The van der Waals surface area contributed by atoms with Crippen molar-refractivity contribution < 1.29 is 23.8 Å². The second-order valence-electron chi connectivity index (χ2n) is 5.71. The Labute approximate surface area is 192 Å². The lowest BCUT2D eigenvalue weighted by molar-refractivity contribution is -0.145. The van der Waals surface area contributed by atoms with Crippen molar-refractivity contribution in [3.8, 4) is 11.8 Å². The van der Waals surface area contributed by atoms with Crippen molar-refractivity contribution in [1.29, 1.82) is 5.26 Å². The van der Waals surface area contributed by atoms with Gasteiger partial charge >= 0.3 is 12.1 Å². The van der Waals surface area contributed by atoms with Gasteiger partial charge in [0.2, 0.25) is 0 Å². The van der Waals surface area contributed by atoms with Crippen molar-refractivity contribution in [3.63, 3.8) is 0 Å². The highest BCUT2D eigenvalue weighted by atomic mass is 127. The van der Waals surface area contributed by atoms with Crippen LogP contribution in [0.15, 0.2) is 54.6 Å². The number of aryl methyl sites for hydroxylation is 1. The van der Waals surface area contributed by atoms with Gasteiger partial charge in [-0.2, -0.15) is 5.26 Å². The number of hydrogen-bond donors (Lipinski definition) is 1. The number of carbonyl (C=O) groups is 2. The fourth-order valence-electron chi connectivity index (χ4n) is 1.96. The molecule has 0 bridgehead atoms. The number of halogens is 1. The van der Waals surface area contributed by atoms with Gasteiger partial charge < -0.3 is 19.5 Å². The van der Waals surface area contributed by atoms with Crippen LogP contribution in [0.2, 0.25) is 0 Å². The molecule has 0 atom stereocenters. The Morgan fingerprint density at radius 3 is 2.57 bits per heavy atom. The molecular formula is C21H23IN2O5S. The number of nitrogens with one attached hydrogen (secondary N) is 1. The second-order valence-corrected chi connectivity index (χ2v) is 8.21. The molecular weight excluding hydrogens is 519 g/mol. The molecule has 0 aliphatic heterocycles. The van der Waals surface area contributed by atoms with Crippen LogP contribution in [-0.4, -0.2) is 37.6 Å². The van der Waals surface area contributed by atoms with Crippen LogP contribution in [0.5, 0.6) is 5.75 Å². The lowest BCUT2D eigenvalue weighted by Gasteiger charge is -2.06. The molecule has 2 rings (SSSR count). The van der Waals surface area contributed by atoms with Gasteiger partial charge in [-0.05, 0) is 51.4 Å². The van der Waals surface area contributed by atoms with Crippen LogP contribution in [0.3, 0.4) is 0 Å². The number of esters is 1. The number of benzene rings is 2. The Balaban J connectivity index is 0.000000303. The van der Waals surface area contributed by atoms with E-state index in [1.54, 1.807) is 15.0 Å². The molecule has 2 aromatic carbocycles. The zero-order valence-electron chi connectivity index (χ0n) is 16.5. The number of ether oxygens (including phenoxy) is 3. The summed E-state index contributed by atoms with van der Waals surface area (Å²) in [5, 5.41) is 10.5. The fraction of sp³-hybridized carbons (Fsp3) is 0.286. The molecule has 0 unspecified atom stereocenters. The highest BCUT2D eigenvalue weighted by Gasteiger charge is 2.04. The number of hydrogen-bond acceptors (Lipinski definition) is 7. The van der Waals surface area contributed by atoms with Crippen molar-refractivity contribution in [3.05, 3.63) is 65.7 Å². The number of rotatable bonds is 9. The summed E-state index contributed by atoms with van der Waals surface area (Å²) in [7, 11) is 1.61. The summed E-state index contributed by atoms with van der Waals surface area (Å²) in [6.07, 6.45) is -0.574. The Kier molecular flexibility index (Phi) is 14.0. The molecule has 0 fully saturated rings. The zero-order valence-corrected chi connectivity index (χ0v) is 19.5. The monoisotopic (exact) mass is 542 g/mol. The van der Waals surface area contributed by atoms with E-state index in [1.807, 2.05) is 61.5 Å². The van der Waals surface area contributed by atoms with Gasteiger partial charge in [0, 0.05) is 5.75 Å². The van der Waals surface area contributed by atoms with Crippen LogP contribution in [0, 0.1) is 18.3 Å².